The third-order valence-electron chi connectivity index (χ3n) is 4.21. The third-order valence-corrected chi connectivity index (χ3v) is 4.46. The molecule has 0 aliphatic carbocycles. The maximum atomic E-state index is 12.9. The van der Waals surface area contributed by atoms with Crippen molar-refractivity contribution in [3.63, 3.8) is 0 Å². The van der Waals surface area contributed by atoms with Gasteiger partial charge in [0.2, 0.25) is 0 Å². The minimum absolute atomic E-state index is 0.227. The minimum Gasteiger partial charge on any atom is -0.467 e. The van der Waals surface area contributed by atoms with E-state index in [-0.39, 0.29) is 6.54 Å². The van der Waals surface area contributed by atoms with Crippen LogP contribution in [-0.2, 0) is 19.3 Å². The zero-order chi connectivity index (χ0) is 20.3. The molecular formula is C19H19F3N4OS. The number of aryl methyl sites for hydroxylation is 1. The molecular weight excluding hydrogens is 389 g/mol. The van der Waals surface area contributed by atoms with Gasteiger partial charge >= 0.3 is 6.18 Å². The maximum absolute atomic E-state index is 12.9. The first-order chi connectivity index (χ1) is 13.2. The first-order valence-electron chi connectivity index (χ1n) is 8.51. The molecule has 0 fully saturated rings. The fourth-order valence-corrected chi connectivity index (χ4v) is 2.96. The monoisotopic (exact) mass is 408 g/mol. The Morgan fingerprint density at radius 3 is 2.68 bits per heavy atom. The average molecular weight is 408 g/mol. The SMILES string of the molecule is Cc1nn(Cc2cccc(C(F)(F)F)c2)c(C)c1NC(=S)NCc1ccco1. The van der Waals surface area contributed by atoms with Gasteiger partial charge in [-0.2, -0.15) is 18.3 Å². The Kier molecular flexibility index (Phi) is 5.73. The Labute approximate surface area is 165 Å². The van der Waals surface area contributed by atoms with E-state index in [0.717, 1.165) is 29.3 Å². The molecule has 9 heteroatoms. The van der Waals surface area contributed by atoms with Gasteiger partial charge in [-0.15, -0.1) is 0 Å². The largest absolute Gasteiger partial charge is 0.467 e. The molecule has 1 aromatic carbocycles. The van der Waals surface area contributed by atoms with Crippen LogP contribution in [0.15, 0.2) is 47.1 Å². The number of nitrogens with zero attached hydrogens (tertiary/aromatic N) is 2. The van der Waals surface area contributed by atoms with Crippen LogP contribution in [0, 0.1) is 13.8 Å². The van der Waals surface area contributed by atoms with Gasteiger partial charge in [-0.1, -0.05) is 12.1 Å². The predicted octanol–water partition coefficient (Wildman–Crippen LogP) is 4.65. The molecule has 148 valence electrons. The predicted molar refractivity (Wildman–Crippen MR) is 104 cm³/mol. The highest BCUT2D eigenvalue weighted by Gasteiger charge is 2.30. The summed E-state index contributed by atoms with van der Waals surface area (Å²) in [6, 6.07) is 8.86. The summed E-state index contributed by atoms with van der Waals surface area (Å²) in [4.78, 5) is 0. The number of benzene rings is 1. The fraction of sp³-hybridized carbons (Fsp3) is 0.263. The lowest BCUT2D eigenvalue weighted by atomic mass is 10.1. The highest BCUT2D eigenvalue weighted by molar-refractivity contribution is 7.80. The topological polar surface area (TPSA) is 55.0 Å². The van der Waals surface area contributed by atoms with Crippen molar-refractivity contribution in [3.05, 3.63) is 70.9 Å². The number of thiocarbonyl (C=S) groups is 1. The molecule has 0 atom stereocenters. The number of halogens is 3. The summed E-state index contributed by atoms with van der Waals surface area (Å²) in [5.41, 5.74) is 2.05. The van der Waals surface area contributed by atoms with E-state index in [4.69, 9.17) is 16.6 Å². The van der Waals surface area contributed by atoms with Gasteiger partial charge in [0.25, 0.3) is 0 Å². The standard InChI is InChI=1S/C19H19F3N4OS/c1-12-17(24-18(28)23-10-16-7-4-8-27-16)13(2)26(25-12)11-14-5-3-6-15(9-14)19(20,21)22/h3-9H,10-11H2,1-2H3,(H2,23,24,28). The van der Waals surface area contributed by atoms with E-state index in [1.165, 1.54) is 6.07 Å². The van der Waals surface area contributed by atoms with Crippen LogP contribution >= 0.6 is 12.2 Å². The summed E-state index contributed by atoms with van der Waals surface area (Å²) >= 11 is 5.30. The minimum atomic E-state index is -4.37. The third kappa shape index (κ3) is 4.72. The Hall–Kier alpha value is -2.81. The van der Waals surface area contributed by atoms with Crippen LogP contribution in [0.1, 0.15) is 28.3 Å². The van der Waals surface area contributed by atoms with Crippen molar-refractivity contribution in [2.24, 2.45) is 0 Å². The number of furan rings is 1. The van der Waals surface area contributed by atoms with Gasteiger partial charge in [0.05, 0.1) is 42.0 Å². The van der Waals surface area contributed by atoms with E-state index in [9.17, 15) is 13.2 Å². The van der Waals surface area contributed by atoms with E-state index in [1.54, 1.807) is 23.1 Å². The maximum Gasteiger partial charge on any atom is 0.416 e. The number of anilines is 1. The van der Waals surface area contributed by atoms with Crippen molar-refractivity contribution >= 4 is 23.0 Å². The molecule has 0 amide bonds. The van der Waals surface area contributed by atoms with Gasteiger partial charge < -0.3 is 15.1 Å². The number of nitrogens with one attached hydrogen (secondary N) is 2. The Morgan fingerprint density at radius 2 is 2.00 bits per heavy atom. The van der Waals surface area contributed by atoms with Crippen LogP contribution < -0.4 is 10.6 Å². The highest BCUT2D eigenvalue weighted by atomic mass is 32.1. The van der Waals surface area contributed by atoms with E-state index in [1.807, 2.05) is 19.9 Å². The molecule has 2 heterocycles. The van der Waals surface area contributed by atoms with Crippen molar-refractivity contribution in [1.82, 2.24) is 15.1 Å². The second-order valence-corrected chi connectivity index (χ2v) is 6.70. The summed E-state index contributed by atoms with van der Waals surface area (Å²) < 4.78 is 45.6. The molecule has 0 bridgehead atoms. The van der Waals surface area contributed by atoms with Crippen LogP contribution in [0.4, 0.5) is 18.9 Å². The first-order valence-corrected chi connectivity index (χ1v) is 8.92. The van der Waals surface area contributed by atoms with Crippen LogP contribution in [-0.4, -0.2) is 14.9 Å². The Morgan fingerprint density at radius 1 is 1.21 bits per heavy atom. The number of rotatable bonds is 5. The lowest BCUT2D eigenvalue weighted by Crippen LogP contribution is -2.28. The van der Waals surface area contributed by atoms with Crippen LogP contribution in [0.3, 0.4) is 0 Å². The van der Waals surface area contributed by atoms with Crippen molar-refractivity contribution in [2.45, 2.75) is 33.1 Å². The summed E-state index contributed by atoms with van der Waals surface area (Å²) in [6.07, 6.45) is -2.79. The molecule has 0 saturated heterocycles. The summed E-state index contributed by atoms with van der Waals surface area (Å²) in [5.74, 6) is 0.748. The van der Waals surface area contributed by atoms with E-state index in [0.29, 0.717) is 22.9 Å². The second kappa shape index (κ2) is 8.05. The van der Waals surface area contributed by atoms with Gasteiger partial charge in [-0.05, 0) is 55.9 Å². The van der Waals surface area contributed by atoms with Gasteiger partial charge in [0.1, 0.15) is 5.76 Å². The lowest BCUT2D eigenvalue weighted by molar-refractivity contribution is -0.137. The number of hydrogen-bond donors (Lipinski definition) is 2. The van der Waals surface area contributed by atoms with Gasteiger partial charge in [-0.25, -0.2) is 0 Å². The van der Waals surface area contributed by atoms with Gasteiger partial charge in [-0.3, -0.25) is 4.68 Å². The lowest BCUT2D eigenvalue weighted by Gasteiger charge is -2.11. The molecule has 28 heavy (non-hydrogen) atoms. The van der Waals surface area contributed by atoms with Crippen molar-refractivity contribution in [3.8, 4) is 0 Å². The highest BCUT2D eigenvalue weighted by Crippen LogP contribution is 2.30. The van der Waals surface area contributed by atoms with Crippen LogP contribution in [0.5, 0.6) is 0 Å². The van der Waals surface area contributed by atoms with E-state index >= 15 is 0 Å². The van der Waals surface area contributed by atoms with Gasteiger partial charge in [0, 0.05) is 0 Å². The Bertz CT molecular complexity index is 964. The zero-order valence-corrected chi connectivity index (χ0v) is 16.1. The summed E-state index contributed by atoms with van der Waals surface area (Å²) in [5, 5.41) is 11.0. The smallest absolute Gasteiger partial charge is 0.416 e. The molecule has 2 aromatic heterocycles. The summed E-state index contributed by atoms with van der Waals surface area (Å²) in [7, 11) is 0. The fourth-order valence-electron chi connectivity index (χ4n) is 2.79. The van der Waals surface area contributed by atoms with Crippen molar-refractivity contribution < 1.29 is 17.6 Å². The quantitative estimate of drug-likeness (QED) is 0.602. The normalized spacial score (nSPS) is 11.5. The molecule has 0 unspecified atom stereocenters. The van der Waals surface area contributed by atoms with Crippen LogP contribution in [0.25, 0.3) is 0 Å². The average Bonchev–Trinajstić information content (AvgIpc) is 3.24. The second-order valence-electron chi connectivity index (χ2n) is 6.29. The molecule has 5 nitrogen and oxygen atoms in total. The molecule has 0 spiro atoms. The molecule has 0 aliphatic rings. The van der Waals surface area contributed by atoms with Crippen molar-refractivity contribution in [1.29, 1.82) is 0 Å². The molecule has 2 N–H and O–H groups in total. The number of hydrogen-bond acceptors (Lipinski definition) is 3. The first kappa shape index (κ1) is 19.9. The summed E-state index contributed by atoms with van der Waals surface area (Å²) in [6.45, 7) is 4.32. The zero-order valence-electron chi connectivity index (χ0n) is 15.3. The molecule has 0 aliphatic heterocycles. The van der Waals surface area contributed by atoms with Crippen molar-refractivity contribution in [2.75, 3.05) is 5.32 Å². The van der Waals surface area contributed by atoms with E-state index in [2.05, 4.69) is 15.7 Å². The molecule has 3 rings (SSSR count). The van der Waals surface area contributed by atoms with Crippen LogP contribution in [0.2, 0.25) is 0 Å². The molecule has 3 aromatic rings. The molecule has 0 saturated carbocycles. The van der Waals surface area contributed by atoms with Gasteiger partial charge in [0.15, 0.2) is 5.11 Å². The number of aromatic nitrogens is 2. The molecule has 0 radical (unpaired) electrons. The Balaban J connectivity index is 1.70. The van der Waals surface area contributed by atoms with E-state index < -0.39 is 11.7 Å². The number of alkyl halides is 3.